The van der Waals surface area contributed by atoms with Gasteiger partial charge in [0.2, 0.25) is 0 Å². The Balaban J connectivity index is 1.46. The number of aromatic carboxylic acids is 1. The number of carbonyl (C=O) groups excluding carboxylic acids is 1. The minimum atomic E-state index is -1.02. The van der Waals surface area contributed by atoms with E-state index in [0.29, 0.717) is 32.8 Å². The maximum atomic E-state index is 13.8. The zero-order valence-electron chi connectivity index (χ0n) is 22.3. The van der Waals surface area contributed by atoms with Crippen LogP contribution in [-0.2, 0) is 17.9 Å². The number of rotatable bonds is 9. The number of benzene rings is 4. The number of amides is 1. The number of thioether (sulfide) groups is 1. The molecule has 1 aliphatic rings. The lowest BCUT2D eigenvalue weighted by Crippen LogP contribution is -2.28. The third-order valence-electron chi connectivity index (χ3n) is 6.29. The molecule has 5 rings (SSSR count). The van der Waals surface area contributed by atoms with E-state index in [1.165, 1.54) is 36.0 Å². The van der Waals surface area contributed by atoms with Crippen LogP contribution in [0.3, 0.4) is 0 Å². The number of amidine groups is 1. The lowest BCUT2D eigenvalue weighted by atomic mass is 10.1. The van der Waals surface area contributed by atoms with E-state index in [-0.39, 0.29) is 30.4 Å². The van der Waals surface area contributed by atoms with Crippen molar-refractivity contribution in [3.8, 4) is 11.5 Å². The summed E-state index contributed by atoms with van der Waals surface area (Å²) >= 11 is 4.73. The Morgan fingerprint density at radius 3 is 2.36 bits per heavy atom. The smallest absolute Gasteiger partial charge is 0.335 e. The number of nitrogens with zero attached hydrogens (tertiary/aromatic N) is 2. The highest BCUT2D eigenvalue weighted by Gasteiger charge is 2.34. The summed E-state index contributed by atoms with van der Waals surface area (Å²) in [6, 6.07) is 25.1. The number of aliphatic imine (C=N–C) groups is 1. The maximum absolute atomic E-state index is 13.8. The molecule has 1 amide bonds. The third kappa shape index (κ3) is 7.07. The van der Waals surface area contributed by atoms with E-state index in [2.05, 4.69) is 15.9 Å². The topological polar surface area (TPSA) is 88.4 Å². The second-order valence-electron chi connectivity index (χ2n) is 9.19. The molecule has 4 aromatic rings. The molecule has 1 heterocycles. The molecular weight excluding hydrogens is 623 g/mol. The Kier molecular flexibility index (Phi) is 9.04. The van der Waals surface area contributed by atoms with E-state index in [1.54, 1.807) is 72.7 Å². The first kappa shape index (κ1) is 29.1. The molecule has 0 unspecified atom stereocenters. The predicted molar refractivity (Wildman–Crippen MR) is 164 cm³/mol. The highest BCUT2D eigenvalue weighted by atomic mass is 79.9. The molecule has 0 aromatic heterocycles. The van der Waals surface area contributed by atoms with Gasteiger partial charge >= 0.3 is 5.97 Å². The molecule has 1 aliphatic heterocycles. The molecule has 4 aromatic carbocycles. The maximum Gasteiger partial charge on any atom is 0.335 e. The van der Waals surface area contributed by atoms with Crippen LogP contribution >= 0.6 is 27.7 Å². The van der Waals surface area contributed by atoms with Crippen molar-refractivity contribution < 1.29 is 28.6 Å². The van der Waals surface area contributed by atoms with Gasteiger partial charge in [0.15, 0.2) is 5.17 Å². The summed E-state index contributed by atoms with van der Waals surface area (Å²) in [5.74, 6) is -0.349. The fourth-order valence-corrected chi connectivity index (χ4v) is 5.45. The molecule has 1 saturated heterocycles. The Morgan fingerprint density at radius 1 is 1.00 bits per heavy atom. The third-order valence-corrected chi connectivity index (χ3v) is 7.79. The highest BCUT2D eigenvalue weighted by molar-refractivity contribution is 9.10. The van der Waals surface area contributed by atoms with E-state index in [4.69, 9.17) is 14.5 Å². The van der Waals surface area contributed by atoms with Gasteiger partial charge in [0.1, 0.15) is 23.9 Å². The Hall–Kier alpha value is -4.41. The molecule has 0 saturated carbocycles. The second-order valence-corrected chi connectivity index (χ2v) is 11.1. The number of halogens is 2. The molecule has 0 atom stereocenters. The van der Waals surface area contributed by atoms with E-state index >= 15 is 0 Å². The van der Waals surface area contributed by atoms with E-state index in [1.807, 2.05) is 12.1 Å². The van der Waals surface area contributed by atoms with Crippen molar-refractivity contribution in [2.75, 3.05) is 7.11 Å². The first-order valence-electron chi connectivity index (χ1n) is 12.7. The van der Waals surface area contributed by atoms with Gasteiger partial charge in [-0.05, 0) is 95.7 Å². The van der Waals surface area contributed by atoms with Crippen LogP contribution in [0, 0.1) is 5.82 Å². The van der Waals surface area contributed by atoms with Crippen molar-refractivity contribution in [1.29, 1.82) is 0 Å². The number of carboxylic acids is 1. The van der Waals surface area contributed by atoms with Crippen LogP contribution in [0.5, 0.6) is 11.5 Å². The largest absolute Gasteiger partial charge is 0.497 e. The summed E-state index contributed by atoms with van der Waals surface area (Å²) in [4.78, 5) is 31.8. The summed E-state index contributed by atoms with van der Waals surface area (Å²) in [6.07, 6.45) is 1.76. The Bertz CT molecular complexity index is 1670. The summed E-state index contributed by atoms with van der Waals surface area (Å²) in [7, 11) is 1.58. The van der Waals surface area contributed by atoms with Crippen molar-refractivity contribution in [2.24, 2.45) is 4.99 Å². The van der Waals surface area contributed by atoms with Crippen LogP contribution in [0.2, 0.25) is 0 Å². The molecule has 1 N–H and O–H groups in total. The average Bonchev–Trinajstić information content (AvgIpc) is 3.27. The molecular formula is C32H24BrFN2O5S. The van der Waals surface area contributed by atoms with Gasteiger partial charge in [0, 0.05) is 10.0 Å². The molecule has 212 valence electrons. The number of hydrogen-bond donors (Lipinski definition) is 1. The number of methoxy groups -OCH3 is 1. The monoisotopic (exact) mass is 646 g/mol. The van der Waals surface area contributed by atoms with Crippen molar-refractivity contribution >= 4 is 56.5 Å². The molecule has 0 spiro atoms. The van der Waals surface area contributed by atoms with Crippen LogP contribution < -0.4 is 9.47 Å². The minimum Gasteiger partial charge on any atom is -0.497 e. The van der Waals surface area contributed by atoms with Gasteiger partial charge in [0.05, 0.1) is 29.8 Å². The van der Waals surface area contributed by atoms with Crippen molar-refractivity contribution in [3.63, 3.8) is 0 Å². The molecule has 7 nitrogen and oxygen atoms in total. The molecule has 1 fully saturated rings. The normalized spacial score (nSPS) is 14.9. The van der Waals surface area contributed by atoms with Gasteiger partial charge in [-0.3, -0.25) is 9.69 Å². The van der Waals surface area contributed by atoms with Crippen LogP contribution in [0.15, 0.2) is 105 Å². The van der Waals surface area contributed by atoms with E-state index < -0.39 is 5.97 Å². The van der Waals surface area contributed by atoms with Crippen molar-refractivity contribution in [3.05, 3.63) is 128 Å². The van der Waals surface area contributed by atoms with Crippen LogP contribution in [-0.4, -0.2) is 34.2 Å². The van der Waals surface area contributed by atoms with Gasteiger partial charge in [-0.25, -0.2) is 14.2 Å². The Morgan fingerprint density at radius 2 is 1.69 bits per heavy atom. The van der Waals surface area contributed by atoms with Crippen LogP contribution in [0.1, 0.15) is 27.0 Å². The first-order chi connectivity index (χ1) is 20.3. The molecule has 0 radical (unpaired) electrons. The zero-order chi connectivity index (χ0) is 29.6. The Labute approximate surface area is 254 Å². The standard InChI is InChI=1S/C32H24BrFN2O5S/c1-40-27-13-11-26(12-14-27)35-32-36(18-20-2-6-22(7-3-20)31(38)39)30(37)29(42-32)17-23-16-24(33)8-15-28(23)41-19-21-4-9-25(34)10-5-21/h2-17H,18-19H2,1H3,(H,38,39)/b29-17-,35-32?. The van der Waals surface area contributed by atoms with Gasteiger partial charge < -0.3 is 14.6 Å². The zero-order valence-corrected chi connectivity index (χ0v) is 24.7. The fraction of sp³-hybridized carbons (Fsp3) is 0.0938. The van der Waals surface area contributed by atoms with Gasteiger partial charge in [-0.15, -0.1) is 0 Å². The minimum absolute atomic E-state index is 0.163. The summed E-state index contributed by atoms with van der Waals surface area (Å²) < 4.78 is 25.4. The van der Waals surface area contributed by atoms with E-state index in [9.17, 15) is 19.1 Å². The van der Waals surface area contributed by atoms with Crippen LogP contribution in [0.25, 0.3) is 6.08 Å². The molecule has 0 aliphatic carbocycles. The lowest BCUT2D eigenvalue weighted by molar-refractivity contribution is -0.122. The number of ether oxygens (including phenoxy) is 2. The van der Waals surface area contributed by atoms with Crippen molar-refractivity contribution in [1.82, 2.24) is 4.90 Å². The second kappa shape index (κ2) is 13.1. The highest BCUT2D eigenvalue weighted by Crippen LogP contribution is 2.37. The summed E-state index contributed by atoms with van der Waals surface area (Å²) in [5, 5.41) is 9.72. The van der Waals surface area contributed by atoms with Crippen molar-refractivity contribution in [2.45, 2.75) is 13.2 Å². The average molecular weight is 648 g/mol. The predicted octanol–water partition coefficient (Wildman–Crippen LogP) is 7.68. The molecule has 0 bridgehead atoms. The summed E-state index contributed by atoms with van der Waals surface area (Å²) in [5.41, 5.74) is 3.04. The lowest BCUT2D eigenvalue weighted by Gasteiger charge is -2.16. The molecule has 10 heteroatoms. The first-order valence-corrected chi connectivity index (χ1v) is 14.3. The number of hydrogen-bond acceptors (Lipinski definition) is 6. The van der Waals surface area contributed by atoms with Crippen LogP contribution in [0.4, 0.5) is 10.1 Å². The van der Waals surface area contributed by atoms with Gasteiger partial charge in [-0.1, -0.05) is 40.2 Å². The molecule has 42 heavy (non-hydrogen) atoms. The summed E-state index contributed by atoms with van der Waals surface area (Å²) in [6.45, 7) is 0.423. The SMILES string of the molecule is COc1ccc(N=C2S/C(=C\c3cc(Br)ccc3OCc3ccc(F)cc3)C(=O)N2Cc2ccc(C(=O)O)cc2)cc1. The van der Waals surface area contributed by atoms with E-state index in [0.717, 1.165) is 15.6 Å². The fourth-order valence-electron chi connectivity index (χ4n) is 4.08. The van der Waals surface area contributed by atoms with Gasteiger partial charge in [-0.2, -0.15) is 0 Å². The van der Waals surface area contributed by atoms with Gasteiger partial charge in [0.25, 0.3) is 5.91 Å². The quantitative estimate of drug-likeness (QED) is 0.188. The number of carbonyl (C=O) groups is 2. The number of carboxylic acid groups (broad SMARTS) is 1.